The highest BCUT2D eigenvalue weighted by atomic mass is 15.4. The number of hydrogen-bond acceptors (Lipinski definition) is 6. The van der Waals surface area contributed by atoms with Gasteiger partial charge in [0, 0.05) is 33.7 Å². The molecule has 0 atom stereocenters. The van der Waals surface area contributed by atoms with Crippen LogP contribution in [-0.2, 0) is 0 Å². The zero-order chi connectivity index (χ0) is 14.7. The second-order valence-electron chi connectivity index (χ2n) is 6.23. The molecule has 2 aliphatic rings. The molecule has 6 heteroatoms. The molecule has 0 aromatic carbocycles. The normalized spacial score (nSPS) is 19.2. The van der Waals surface area contributed by atoms with Gasteiger partial charge in [-0.2, -0.15) is 15.0 Å². The summed E-state index contributed by atoms with van der Waals surface area (Å²) < 4.78 is 0. The first kappa shape index (κ1) is 14.4. The van der Waals surface area contributed by atoms with Crippen LogP contribution in [0.5, 0.6) is 0 Å². The van der Waals surface area contributed by atoms with E-state index in [2.05, 4.69) is 32.1 Å². The number of anilines is 3. The van der Waals surface area contributed by atoms with E-state index >= 15 is 0 Å². The highest BCUT2D eigenvalue weighted by Crippen LogP contribution is 2.27. The van der Waals surface area contributed by atoms with Crippen LogP contribution in [0.1, 0.15) is 38.5 Å². The zero-order valence-corrected chi connectivity index (χ0v) is 13.2. The Bertz CT molecular complexity index is 465. The van der Waals surface area contributed by atoms with E-state index in [1.807, 2.05) is 7.05 Å². The molecular weight excluding hydrogens is 264 g/mol. The third-order valence-electron chi connectivity index (χ3n) is 4.57. The Morgan fingerprint density at radius 3 is 2.48 bits per heavy atom. The van der Waals surface area contributed by atoms with E-state index in [4.69, 9.17) is 4.98 Å². The van der Waals surface area contributed by atoms with Crippen molar-refractivity contribution in [3.63, 3.8) is 0 Å². The third-order valence-corrected chi connectivity index (χ3v) is 4.57. The summed E-state index contributed by atoms with van der Waals surface area (Å²) in [5, 5.41) is 3.06. The predicted molar refractivity (Wildman–Crippen MR) is 86.0 cm³/mol. The molecule has 2 fully saturated rings. The summed E-state index contributed by atoms with van der Waals surface area (Å²) >= 11 is 0. The van der Waals surface area contributed by atoms with Crippen LogP contribution in [0.15, 0.2) is 0 Å². The van der Waals surface area contributed by atoms with E-state index in [0.717, 1.165) is 37.4 Å². The summed E-state index contributed by atoms with van der Waals surface area (Å²) in [6.45, 7) is 3.16. The van der Waals surface area contributed by atoms with Gasteiger partial charge in [-0.05, 0) is 31.6 Å². The number of rotatable bonds is 5. The SMILES string of the molecule is CNc1nc(N(C)CC2CCCC2)nc(N2CCCC2)n1. The van der Waals surface area contributed by atoms with E-state index in [-0.39, 0.29) is 0 Å². The lowest BCUT2D eigenvalue weighted by Gasteiger charge is -2.23. The first-order chi connectivity index (χ1) is 10.3. The van der Waals surface area contributed by atoms with Gasteiger partial charge in [-0.1, -0.05) is 12.8 Å². The first-order valence-electron chi connectivity index (χ1n) is 8.16. The molecule has 0 amide bonds. The number of nitrogens with zero attached hydrogens (tertiary/aromatic N) is 5. The number of hydrogen-bond donors (Lipinski definition) is 1. The topological polar surface area (TPSA) is 57.2 Å². The van der Waals surface area contributed by atoms with Crippen LogP contribution in [0.25, 0.3) is 0 Å². The highest BCUT2D eigenvalue weighted by Gasteiger charge is 2.21. The number of nitrogens with one attached hydrogen (secondary N) is 1. The molecule has 116 valence electrons. The van der Waals surface area contributed by atoms with Crippen LogP contribution in [-0.4, -0.2) is 48.7 Å². The van der Waals surface area contributed by atoms with Crippen LogP contribution in [0, 0.1) is 5.92 Å². The Hall–Kier alpha value is -1.59. The van der Waals surface area contributed by atoms with Gasteiger partial charge < -0.3 is 15.1 Å². The lowest BCUT2D eigenvalue weighted by molar-refractivity contribution is 0.542. The Labute approximate surface area is 127 Å². The van der Waals surface area contributed by atoms with Crippen molar-refractivity contribution in [1.29, 1.82) is 0 Å². The van der Waals surface area contributed by atoms with Crippen molar-refractivity contribution in [2.75, 3.05) is 48.8 Å². The molecule has 6 nitrogen and oxygen atoms in total. The summed E-state index contributed by atoms with van der Waals surface area (Å²) in [6, 6.07) is 0. The van der Waals surface area contributed by atoms with Crippen molar-refractivity contribution < 1.29 is 0 Å². The average Bonchev–Trinajstić information content (AvgIpc) is 3.20. The molecule has 1 aliphatic carbocycles. The molecule has 3 rings (SSSR count). The molecular formula is C15H26N6. The summed E-state index contributed by atoms with van der Waals surface area (Å²) in [5.41, 5.74) is 0. The van der Waals surface area contributed by atoms with Gasteiger partial charge in [0.25, 0.3) is 0 Å². The molecule has 1 N–H and O–H groups in total. The smallest absolute Gasteiger partial charge is 0.231 e. The molecule has 0 spiro atoms. The van der Waals surface area contributed by atoms with E-state index < -0.39 is 0 Å². The fraction of sp³-hybridized carbons (Fsp3) is 0.800. The lowest BCUT2D eigenvalue weighted by atomic mass is 10.1. The Morgan fingerprint density at radius 2 is 1.81 bits per heavy atom. The van der Waals surface area contributed by atoms with Gasteiger partial charge in [-0.3, -0.25) is 0 Å². The van der Waals surface area contributed by atoms with Gasteiger partial charge in [-0.15, -0.1) is 0 Å². The van der Waals surface area contributed by atoms with E-state index in [9.17, 15) is 0 Å². The van der Waals surface area contributed by atoms with E-state index in [0.29, 0.717) is 5.95 Å². The van der Waals surface area contributed by atoms with Gasteiger partial charge in [0.2, 0.25) is 17.8 Å². The van der Waals surface area contributed by atoms with Gasteiger partial charge in [0.1, 0.15) is 0 Å². The van der Waals surface area contributed by atoms with Crippen molar-refractivity contribution in [3.8, 4) is 0 Å². The molecule has 0 unspecified atom stereocenters. The molecule has 1 aromatic rings. The van der Waals surface area contributed by atoms with Crippen molar-refractivity contribution in [3.05, 3.63) is 0 Å². The van der Waals surface area contributed by atoms with Crippen LogP contribution >= 0.6 is 0 Å². The molecule has 1 saturated heterocycles. The quantitative estimate of drug-likeness (QED) is 0.896. The average molecular weight is 290 g/mol. The Morgan fingerprint density at radius 1 is 1.10 bits per heavy atom. The molecule has 0 radical (unpaired) electrons. The standard InChI is InChI=1S/C15H26N6/c1-16-13-17-14(20(2)11-12-7-3-4-8-12)19-15(18-13)21-9-5-6-10-21/h12H,3-11H2,1-2H3,(H,16,17,18,19). The monoisotopic (exact) mass is 290 g/mol. The van der Waals surface area contributed by atoms with Crippen LogP contribution < -0.4 is 15.1 Å². The highest BCUT2D eigenvalue weighted by molar-refractivity contribution is 5.45. The molecule has 1 aliphatic heterocycles. The van der Waals surface area contributed by atoms with Crippen LogP contribution in [0.2, 0.25) is 0 Å². The van der Waals surface area contributed by atoms with Crippen molar-refractivity contribution in [2.45, 2.75) is 38.5 Å². The summed E-state index contributed by atoms with van der Waals surface area (Å²) in [7, 11) is 3.96. The minimum atomic E-state index is 0.667. The fourth-order valence-electron chi connectivity index (χ4n) is 3.36. The van der Waals surface area contributed by atoms with Gasteiger partial charge in [0.05, 0.1) is 0 Å². The maximum Gasteiger partial charge on any atom is 0.231 e. The second-order valence-corrected chi connectivity index (χ2v) is 6.23. The second kappa shape index (κ2) is 6.45. The van der Waals surface area contributed by atoms with Gasteiger partial charge >= 0.3 is 0 Å². The summed E-state index contributed by atoms with van der Waals surface area (Å²) in [6.07, 6.45) is 7.88. The first-order valence-corrected chi connectivity index (χ1v) is 8.16. The number of aromatic nitrogens is 3. The van der Waals surface area contributed by atoms with Crippen molar-refractivity contribution in [1.82, 2.24) is 15.0 Å². The minimum absolute atomic E-state index is 0.667. The largest absolute Gasteiger partial charge is 0.357 e. The molecule has 0 bridgehead atoms. The maximum absolute atomic E-state index is 4.69. The van der Waals surface area contributed by atoms with Crippen LogP contribution in [0.3, 0.4) is 0 Å². The zero-order valence-electron chi connectivity index (χ0n) is 13.2. The maximum atomic E-state index is 4.69. The fourth-order valence-corrected chi connectivity index (χ4v) is 3.36. The Balaban J connectivity index is 1.77. The third kappa shape index (κ3) is 3.36. The van der Waals surface area contributed by atoms with E-state index in [1.165, 1.54) is 38.5 Å². The van der Waals surface area contributed by atoms with Crippen molar-refractivity contribution in [2.24, 2.45) is 5.92 Å². The molecule has 21 heavy (non-hydrogen) atoms. The lowest BCUT2D eigenvalue weighted by Crippen LogP contribution is -2.28. The molecule has 2 heterocycles. The minimum Gasteiger partial charge on any atom is -0.357 e. The molecule has 1 aromatic heterocycles. The summed E-state index contributed by atoms with van der Waals surface area (Å²) in [4.78, 5) is 18.2. The summed E-state index contributed by atoms with van der Waals surface area (Å²) in [5.74, 6) is 3.07. The van der Waals surface area contributed by atoms with E-state index in [1.54, 1.807) is 0 Å². The Kier molecular flexibility index (Phi) is 4.41. The molecule has 1 saturated carbocycles. The van der Waals surface area contributed by atoms with Crippen molar-refractivity contribution >= 4 is 17.8 Å². The predicted octanol–water partition coefficient (Wildman–Crippen LogP) is 2.14. The van der Waals surface area contributed by atoms with Gasteiger partial charge in [0.15, 0.2) is 0 Å². The van der Waals surface area contributed by atoms with Gasteiger partial charge in [-0.25, -0.2) is 0 Å². The van der Waals surface area contributed by atoms with Crippen LogP contribution in [0.4, 0.5) is 17.8 Å².